The van der Waals surface area contributed by atoms with E-state index in [1.165, 1.54) is 37.4 Å². The van der Waals surface area contributed by atoms with Crippen LogP contribution in [0.3, 0.4) is 0 Å². The lowest BCUT2D eigenvalue weighted by Gasteiger charge is -2.29. The third-order valence-corrected chi connectivity index (χ3v) is 5.83. The Morgan fingerprint density at radius 1 is 1.17 bits per heavy atom. The molecular weight excluding hydrogens is 476 g/mol. The number of urea groups is 1. The molecule has 0 atom stereocenters. The van der Waals surface area contributed by atoms with Crippen molar-refractivity contribution in [2.24, 2.45) is 0 Å². The summed E-state index contributed by atoms with van der Waals surface area (Å²) in [6.07, 6.45) is 1.11. The topological polar surface area (TPSA) is 154 Å². The Balaban J connectivity index is 2.04. The molecule has 2 aromatic rings. The molecule has 11 nitrogen and oxygen atoms in total. The van der Waals surface area contributed by atoms with E-state index < -0.39 is 33.3 Å². The third-order valence-electron chi connectivity index (χ3n) is 5.23. The van der Waals surface area contributed by atoms with E-state index in [-0.39, 0.29) is 47.1 Å². The Bertz CT molecular complexity index is 1280. The summed E-state index contributed by atoms with van der Waals surface area (Å²) in [5.74, 6) is -1.27. The summed E-state index contributed by atoms with van der Waals surface area (Å²) in [7, 11) is -2.17. The van der Waals surface area contributed by atoms with Crippen molar-refractivity contribution in [1.82, 2.24) is 5.32 Å². The molecule has 3 rings (SSSR count). The number of carbonyl (C=O) groups excluding carboxylic acids is 3. The maximum atomic E-state index is 13.3. The zero-order chi connectivity index (χ0) is 26.1. The Labute approximate surface area is 203 Å². The fourth-order valence-corrected chi connectivity index (χ4v) is 4.15. The molecule has 12 heteroatoms. The van der Waals surface area contributed by atoms with Crippen LogP contribution in [0.15, 0.2) is 30.3 Å². The van der Waals surface area contributed by atoms with E-state index in [0.717, 1.165) is 11.2 Å². The van der Waals surface area contributed by atoms with Gasteiger partial charge in [-0.25, -0.2) is 18.1 Å². The molecule has 1 aliphatic heterocycles. The highest BCUT2D eigenvalue weighted by atomic mass is 32.2. The summed E-state index contributed by atoms with van der Waals surface area (Å²) in [6.45, 7) is 5.68. The minimum Gasteiger partial charge on any atom is -0.507 e. The number of carbonyl (C=O) groups is 3. The average molecular weight is 505 g/mol. The van der Waals surface area contributed by atoms with Gasteiger partial charge in [0.1, 0.15) is 11.5 Å². The Hall–Kier alpha value is -3.80. The SMILES string of the molecule is COc1cc(NS(C)(=O)=O)ccc1NC(=O)c1cc(N2C(=O)CCNC2=O)cc(C(C)(C)C)c1O. The van der Waals surface area contributed by atoms with Gasteiger partial charge in [0.2, 0.25) is 15.9 Å². The van der Waals surface area contributed by atoms with Crippen LogP contribution in [0, 0.1) is 0 Å². The number of amides is 4. The third kappa shape index (κ3) is 5.83. The summed E-state index contributed by atoms with van der Waals surface area (Å²) in [4.78, 5) is 39.1. The molecule has 188 valence electrons. The van der Waals surface area contributed by atoms with Crippen molar-refractivity contribution < 1.29 is 32.6 Å². The number of nitrogens with zero attached hydrogens (tertiary/aromatic N) is 1. The highest BCUT2D eigenvalue weighted by Crippen LogP contribution is 2.38. The molecule has 35 heavy (non-hydrogen) atoms. The zero-order valence-corrected chi connectivity index (χ0v) is 20.9. The minimum absolute atomic E-state index is 0.101. The number of ether oxygens (including phenoxy) is 1. The van der Waals surface area contributed by atoms with Crippen LogP contribution in [0.1, 0.15) is 43.1 Å². The van der Waals surface area contributed by atoms with Crippen molar-refractivity contribution in [3.63, 3.8) is 0 Å². The summed E-state index contributed by atoms with van der Waals surface area (Å²) in [5.41, 5.74) is 0.188. The molecule has 0 spiro atoms. The lowest BCUT2D eigenvalue weighted by Crippen LogP contribution is -2.50. The van der Waals surface area contributed by atoms with Crippen molar-refractivity contribution in [3.8, 4) is 11.5 Å². The predicted molar refractivity (Wildman–Crippen MR) is 132 cm³/mol. The van der Waals surface area contributed by atoms with Crippen LogP contribution in [-0.2, 0) is 20.2 Å². The van der Waals surface area contributed by atoms with Gasteiger partial charge in [0.25, 0.3) is 5.91 Å². The predicted octanol–water partition coefficient (Wildman–Crippen LogP) is 2.77. The molecule has 1 fully saturated rings. The van der Waals surface area contributed by atoms with Crippen molar-refractivity contribution in [3.05, 3.63) is 41.5 Å². The molecular formula is C23H28N4O7S. The second-order valence-corrected chi connectivity index (χ2v) is 10.8. The smallest absolute Gasteiger partial charge is 0.328 e. The van der Waals surface area contributed by atoms with Gasteiger partial charge in [-0.2, -0.15) is 0 Å². The van der Waals surface area contributed by atoms with Gasteiger partial charge < -0.3 is 20.5 Å². The first-order chi connectivity index (χ1) is 16.2. The first kappa shape index (κ1) is 25.8. The molecule has 0 aromatic heterocycles. The first-order valence-corrected chi connectivity index (χ1v) is 12.6. The van der Waals surface area contributed by atoms with Crippen molar-refractivity contribution in [1.29, 1.82) is 0 Å². The molecule has 1 heterocycles. The van der Waals surface area contributed by atoms with Crippen LogP contribution in [0.4, 0.5) is 21.9 Å². The number of methoxy groups -OCH3 is 1. The fourth-order valence-electron chi connectivity index (χ4n) is 3.60. The van der Waals surface area contributed by atoms with Crippen LogP contribution in [0.5, 0.6) is 11.5 Å². The zero-order valence-electron chi connectivity index (χ0n) is 20.1. The van der Waals surface area contributed by atoms with Gasteiger partial charge >= 0.3 is 6.03 Å². The normalized spacial score (nSPS) is 14.4. The van der Waals surface area contributed by atoms with Crippen molar-refractivity contribution in [2.45, 2.75) is 32.6 Å². The van der Waals surface area contributed by atoms with E-state index in [0.29, 0.717) is 5.56 Å². The fraction of sp³-hybridized carbons (Fsp3) is 0.348. The number of sulfonamides is 1. The Morgan fingerprint density at radius 3 is 2.43 bits per heavy atom. The lowest BCUT2D eigenvalue weighted by molar-refractivity contribution is -0.118. The van der Waals surface area contributed by atoms with Gasteiger partial charge in [0.15, 0.2) is 0 Å². The maximum absolute atomic E-state index is 13.3. The molecule has 0 bridgehead atoms. The molecule has 0 unspecified atom stereocenters. The van der Waals surface area contributed by atoms with E-state index in [1.54, 1.807) is 0 Å². The number of phenols is 1. The van der Waals surface area contributed by atoms with Gasteiger partial charge in [0, 0.05) is 24.6 Å². The monoisotopic (exact) mass is 504 g/mol. The number of phenolic OH excluding ortho intramolecular Hbond substituents is 1. The lowest BCUT2D eigenvalue weighted by atomic mass is 9.84. The summed E-state index contributed by atoms with van der Waals surface area (Å²) < 4.78 is 30.6. The van der Waals surface area contributed by atoms with Crippen LogP contribution < -0.4 is 25.0 Å². The summed E-state index contributed by atoms with van der Waals surface area (Å²) in [5, 5.41) is 16.2. The number of hydrogen-bond acceptors (Lipinski definition) is 7. The number of hydrogen-bond donors (Lipinski definition) is 4. The molecule has 2 aromatic carbocycles. The Kier molecular flexibility index (Phi) is 6.97. The second-order valence-electron chi connectivity index (χ2n) is 9.09. The maximum Gasteiger partial charge on any atom is 0.328 e. The van der Waals surface area contributed by atoms with E-state index >= 15 is 0 Å². The van der Waals surface area contributed by atoms with Crippen LogP contribution in [0.25, 0.3) is 0 Å². The highest BCUT2D eigenvalue weighted by Gasteiger charge is 2.32. The standard InChI is InChI=1S/C23H28N4O7S/c1-23(2,3)16-12-14(27-19(28)8-9-24-22(27)31)11-15(20(16)29)21(30)25-17-7-6-13(10-18(17)34-4)26-35(5,32)33/h6-7,10-12,26,29H,8-9H2,1-5H3,(H,24,31)(H,25,30). The van der Waals surface area contributed by atoms with Crippen LogP contribution in [0.2, 0.25) is 0 Å². The van der Waals surface area contributed by atoms with E-state index in [1.807, 2.05) is 20.8 Å². The summed E-state index contributed by atoms with van der Waals surface area (Å²) >= 11 is 0. The molecule has 4 amide bonds. The van der Waals surface area contributed by atoms with Crippen molar-refractivity contribution in [2.75, 3.05) is 34.8 Å². The van der Waals surface area contributed by atoms with Gasteiger partial charge in [-0.15, -0.1) is 0 Å². The number of rotatable bonds is 6. The van der Waals surface area contributed by atoms with E-state index in [4.69, 9.17) is 4.74 Å². The van der Waals surface area contributed by atoms with Crippen LogP contribution in [-0.4, -0.2) is 51.3 Å². The average Bonchev–Trinajstić information content (AvgIpc) is 2.73. The van der Waals surface area contributed by atoms with Gasteiger partial charge in [0.05, 0.1) is 36.0 Å². The largest absolute Gasteiger partial charge is 0.507 e. The van der Waals surface area contributed by atoms with Crippen LogP contribution >= 0.6 is 0 Å². The number of aromatic hydroxyl groups is 1. The number of benzene rings is 2. The molecule has 0 saturated carbocycles. The first-order valence-electron chi connectivity index (χ1n) is 10.7. The molecule has 4 N–H and O–H groups in total. The second kappa shape index (κ2) is 9.45. The number of anilines is 3. The van der Waals surface area contributed by atoms with Crippen molar-refractivity contribution >= 4 is 44.9 Å². The number of imide groups is 1. The van der Waals surface area contributed by atoms with Gasteiger partial charge in [-0.3, -0.25) is 14.3 Å². The molecule has 0 radical (unpaired) electrons. The van der Waals surface area contributed by atoms with Gasteiger partial charge in [-0.05, 0) is 29.7 Å². The van der Waals surface area contributed by atoms with Gasteiger partial charge in [-0.1, -0.05) is 20.8 Å². The Morgan fingerprint density at radius 2 is 1.86 bits per heavy atom. The van der Waals surface area contributed by atoms with E-state index in [9.17, 15) is 27.9 Å². The quantitative estimate of drug-likeness (QED) is 0.472. The number of nitrogens with one attached hydrogen (secondary N) is 3. The summed E-state index contributed by atoms with van der Waals surface area (Å²) in [6, 6.07) is 6.44. The highest BCUT2D eigenvalue weighted by molar-refractivity contribution is 7.92. The molecule has 0 aliphatic carbocycles. The molecule has 1 aliphatic rings. The minimum atomic E-state index is -3.52. The molecule has 1 saturated heterocycles. The van der Waals surface area contributed by atoms with E-state index in [2.05, 4.69) is 15.4 Å².